The van der Waals surface area contributed by atoms with Crippen LogP contribution in [0.3, 0.4) is 0 Å². The Morgan fingerprint density at radius 2 is 1.81 bits per heavy atom. The Morgan fingerprint density at radius 3 is 2.52 bits per heavy atom. The number of benzene rings is 1. The van der Waals surface area contributed by atoms with Crippen molar-refractivity contribution in [2.45, 2.75) is 39.4 Å². The Balaban J connectivity index is 1.34. The molecule has 2 aromatic rings. The zero-order valence-corrected chi connectivity index (χ0v) is 16.4. The minimum Gasteiger partial charge on any atom is -0.490 e. The molecule has 0 spiro atoms. The SMILES string of the molecule is Cc1cc(C)nc(N2CCN(CC(O)c3ccc4c(c3)CC(C)O4)CC2)n1. The van der Waals surface area contributed by atoms with Crippen molar-refractivity contribution in [2.24, 2.45) is 0 Å². The molecule has 0 saturated carbocycles. The van der Waals surface area contributed by atoms with Crippen LogP contribution >= 0.6 is 0 Å². The largest absolute Gasteiger partial charge is 0.490 e. The van der Waals surface area contributed by atoms with Crippen LogP contribution < -0.4 is 9.64 Å². The number of aromatic nitrogens is 2. The van der Waals surface area contributed by atoms with Gasteiger partial charge in [-0.15, -0.1) is 0 Å². The first-order valence-electron chi connectivity index (χ1n) is 9.75. The summed E-state index contributed by atoms with van der Waals surface area (Å²) in [6.45, 7) is 10.3. The number of hydrogen-bond acceptors (Lipinski definition) is 6. The Morgan fingerprint density at radius 1 is 1.11 bits per heavy atom. The number of ether oxygens (including phenoxy) is 1. The van der Waals surface area contributed by atoms with E-state index in [4.69, 9.17) is 4.74 Å². The van der Waals surface area contributed by atoms with Gasteiger partial charge in [0.2, 0.25) is 5.95 Å². The number of β-amino-alcohol motifs (C(OH)–C–C–N with tert-alkyl or cyclic N) is 1. The summed E-state index contributed by atoms with van der Waals surface area (Å²) in [4.78, 5) is 13.7. The zero-order chi connectivity index (χ0) is 19.0. The molecule has 2 atom stereocenters. The molecule has 0 radical (unpaired) electrons. The molecule has 1 saturated heterocycles. The summed E-state index contributed by atoms with van der Waals surface area (Å²) in [7, 11) is 0. The molecule has 144 valence electrons. The normalized spacial score (nSPS) is 21.0. The van der Waals surface area contributed by atoms with Gasteiger partial charge in [-0.1, -0.05) is 6.07 Å². The van der Waals surface area contributed by atoms with E-state index < -0.39 is 6.10 Å². The summed E-state index contributed by atoms with van der Waals surface area (Å²) < 4.78 is 5.75. The van der Waals surface area contributed by atoms with Gasteiger partial charge in [-0.05, 0) is 50.1 Å². The van der Waals surface area contributed by atoms with E-state index in [0.29, 0.717) is 6.54 Å². The lowest BCUT2D eigenvalue weighted by Gasteiger charge is -2.35. The minimum atomic E-state index is -0.477. The Kier molecular flexibility index (Phi) is 5.02. The van der Waals surface area contributed by atoms with E-state index in [-0.39, 0.29) is 6.10 Å². The van der Waals surface area contributed by atoms with Gasteiger partial charge in [-0.25, -0.2) is 9.97 Å². The Labute approximate surface area is 160 Å². The average molecular weight is 368 g/mol. The van der Waals surface area contributed by atoms with Crippen molar-refractivity contribution in [3.63, 3.8) is 0 Å². The van der Waals surface area contributed by atoms with Crippen molar-refractivity contribution < 1.29 is 9.84 Å². The molecule has 1 aromatic carbocycles. The van der Waals surface area contributed by atoms with Crippen LogP contribution in [0.5, 0.6) is 5.75 Å². The summed E-state index contributed by atoms with van der Waals surface area (Å²) in [5, 5.41) is 10.7. The van der Waals surface area contributed by atoms with E-state index in [1.807, 2.05) is 32.0 Å². The van der Waals surface area contributed by atoms with E-state index >= 15 is 0 Å². The third-order valence-electron chi connectivity index (χ3n) is 5.36. The lowest BCUT2D eigenvalue weighted by atomic mass is 10.0. The van der Waals surface area contributed by atoms with Crippen molar-refractivity contribution in [3.8, 4) is 5.75 Å². The highest BCUT2D eigenvalue weighted by molar-refractivity contribution is 5.41. The predicted octanol–water partition coefficient (Wildman–Crippen LogP) is 2.27. The number of hydrogen-bond donors (Lipinski definition) is 1. The van der Waals surface area contributed by atoms with Gasteiger partial charge in [0.05, 0.1) is 6.10 Å². The zero-order valence-electron chi connectivity index (χ0n) is 16.4. The van der Waals surface area contributed by atoms with Gasteiger partial charge >= 0.3 is 0 Å². The second kappa shape index (κ2) is 7.44. The van der Waals surface area contributed by atoms with Crippen LogP contribution in [0.25, 0.3) is 0 Å². The van der Waals surface area contributed by atoms with E-state index in [1.54, 1.807) is 0 Å². The van der Waals surface area contributed by atoms with E-state index in [1.165, 1.54) is 5.56 Å². The first kappa shape index (κ1) is 18.2. The van der Waals surface area contributed by atoms with Crippen LogP contribution in [0.1, 0.15) is 35.5 Å². The van der Waals surface area contributed by atoms with E-state index in [9.17, 15) is 5.11 Å². The maximum Gasteiger partial charge on any atom is 0.225 e. The van der Waals surface area contributed by atoms with Crippen LogP contribution in [0.2, 0.25) is 0 Å². The maximum absolute atomic E-state index is 10.7. The molecule has 4 rings (SSSR count). The van der Waals surface area contributed by atoms with Crippen molar-refractivity contribution in [1.29, 1.82) is 0 Å². The van der Waals surface area contributed by atoms with E-state index in [2.05, 4.69) is 32.8 Å². The standard InChI is InChI=1S/C21H28N4O2/c1-14-10-15(2)23-21(22-14)25-8-6-24(7-9-25)13-19(26)17-4-5-20-18(12-17)11-16(3)27-20/h4-5,10,12,16,19,26H,6-9,11,13H2,1-3H3. The third kappa shape index (κ3) is 4.06. The lowest BCUT2D eigenvalue weighted by Crippen LogP contribution is -2.48. The highest BCUT2D eigenvalue weighted by Gasteiger charge is 2.24. The van der Waals surface area contributed by atoms with Gasteiger partial charge in [0.1, 0.15) is 11.9 Å². The van der Waals surface area contributed by atoms with Crippen molar-refractivity contribution in [2.75, 3.05) is 37.6 Å². The van der Waals surface area contributed by atoms with Gasteiger partial charge < -0.3 is 14.7 Å². The second-order valence-electron chi connectivity index (χ2n) is 7.75. The van der Waals surface area contributed by atoms with Gasteiger partial charge in [-0.3, -0.25) is 4.90 Å². The Bertz CT molecular complexity index is 798. The average Bonchev–Trinajstić information content (AvgIpc) is 3.00. The van der Waals surface area contributed by atoms with Crippen molar-refractivity contribution >= 4 is 5.95 Å². The molecule has 1 aromatic heterocycles. The molecule has 3 heterocycles. The summed E-state index contributed by atoms with van der Waals surface area (Å²) in [6, 6.07) is 8.08. The number of aliphatic hydroxyl groups excluding tert-OH is 1. The molecule has 6 heteroatoms. The topological polar surface area (TPSA) is 61.7 Å². The predicted molar refractivity (Wildman–Crippen MR) is 105 cm³/mol. The molecule has 1 fully saturated rings. The molecule has 0 aliphatic carbocycles. The Hall–Kier alpha value is -2.18. The monoisotopic (exact) mass is 368 g/mol. The first-order valence-corrected chi connectivity index (χ1v) is 9.75. The van der Waals surface area contributed by atoms with Crippen LogP contribution in [0.15, 0.2) is 24.3 Å². The van der Waals surface area contributed by atoms with Gasteiger partial charge in [-0.2, -0.15) is 0 Å². The quantitative estimate of drug-likeness (QED) is 0.893. The van der Waals surface area contributed by atoms with Crippen LogP contribution in [0.4, 0.5) is 5.95 Å². The molecule has 2 aliphatic heterocycles. The smallest absolute Gasteiger partial charge is 0.225 e. The number of aryl methyl sites for hydroxylation is 2. The molecule has 1 N–H and O–H groups in total. The molecule has 0 amide bonds. The fraction of sp³-hybridized carbons (Fsp3) is 0.524. The van der Waals surface area contributed by atoms with Crippen LogP contribution in [0, 0.1) is 13.8 Å². The summed E-state index contributed by atoms with van der Waals surface area (Å²) >= 11 is 0. The summed E-state index contributed by atoms with van der Waals surface area (Å²) in [5.74, 6) is 1.78. The third-order valence-corrected chi connectivity index (χ3v) is 5.36. The van der Waals surface area contributed by atoms with Crippen molar-refractivity contribution in [3.05, 3.63) is 46.8 Å². The molecular formula is C21H28N4O2. The van der Waals surface area contributed by atoms with Gasteiger partial charge in [0.25, 0.3) is 0 Å². The van der Waals surface area contributed by atoms with Crippen LogP contribution in [-0.4, -0.2) is 58.8 Å². The molecular weight excluding hydrogens is 340 g/mol. The lowest BCUT2D eigenvalue weighted by molar-refractivity contribution is 0.109. The molecule has 0 bridgehead atoms. The van der Waals surface area contributed by atoms with Gasteiger partial charge in [0, 0.05) is 50.5 Å². The fourth-order valence-corrected chi connectivity index (χ4v) is 3.98. The van der Waals surface area contributed by atoms with E-state index in [0.717, 1.165) is 61.2 Å². The minimum absolute atomic E-state index is 0.230. The first-order chi connectivity index (χ1) is 13.0. The molecule has 2 aliphatic rings. The number of rotatable bonds is 4. The van der Waals surface area contributed by atoms with Crippen molar-refractivity contribution in [1.82, 2.24) is 14.9 Å². The second-order valence-corrected chi connectivity index (χ2v) is 7.75. The summed E-state index contributed by atoms with van der Waals surface area (Å²) in [6.07, 6.45) is 0.674. The number of anilines is 1. The molecule has 2 unspecified atom stereocenters. The fourth-order valence-electron chi connectivity index (χ4n) is 3.98. The van der Waals surface area contributed by atoms with Gasteiger partial charge in [0.15, 0.2) is 0 Å². The highest BCUT2D eigenvalue weighted by atomic mass is 16.5. The summed E-state index contributed by atoms with van der Waals surface area (Å²) in [5.41, 5.74) is 4.19. The number of aliphatic hydroxyl groups is 1. The highest BCUT2D eigenvalue weighted by Crippen LogP contribution is 2.31. The van der Waals surface area contributed by atoms with Crippen LogP contribution in [-0.2, 0) is 6.42 Å². The number of piperazine rings is 1. The maximum atomic E-state index is 10.7. The number of fused-ring (bicyclic) bond motifs is 1. The molecule has 27 heavy (non-hydrogen) atoms. The molecule has 6 nitrogen and oxygen atoms in total. The number of nitrogens with zero attached hydrogens (tertiary/aromatic N) is 4.